The Hall–Kier alpha value is -0.890. The number of hydrogen-bond donors (Lipinski definition) is 2. The second kappa shape index (κ2) is 5.83. The third-order valence-electron chi connectivity index (χ3n) is 2.46. The fourth-order valence-corrected chi connectivity index (χ4v) is 2.70. The highest BCUT2D eigenvalue weighted by molar-refractivity contribution is 14.1. The van der Waals surface area contributed by atoms with Gasteiger partial charge in [0, 0.05) is 24.4 Å². The fourth-order valence-electron chi connectivity index (χ4n) is 1.56. The van der Waals surface area contributed by atoms with Gasteiger partial charge in [0.1, 0.15) is 5.82 Å². The summed E-state index contributed by atoms with van der Waals surface area (Å²) in [5, 5.41) is 6.23. The molecular weight excluding hydrogens is 364 g/mol. The molecule has 0 amide bonds. The van der Waals surface area contributed by atoms with Gasteiger partial charge in [-0.15, -0.1) is 11.3 Å². The molecule has 18 heavy (non-hydrogen) atoms. The first kappa shape index (κ1) is 13.5. The van der Waals surface area contributed by atoms with Gasteiger partial charge in [-0.05, 0) is 35.6 Å². The zero-order valence-corrected chi connectivity index (χ0v) is 12.8. The molecule has 0 unspecified atom stereocenters. The van der Waals surface area contributed by atoms with E-state index in [1.54, 1.807) is 17.4 Å². The van der Waals surface area contributed by atoms with E-state index in [9.17, 15) is 4.39 Å². The molecule has 3 N–H and O–H groups in total. The Balaban J connectivity index is 1.96. The number of aromatic nitrogens is 1. The van der Waals surface area contributed by atoms with Crippen LogP contribution in [-0.4, -0.2) is 11.5 Å². The van der Waals surface area contributed by atoms with E-state index in [4.69, 9.17) is 5.73 Å². The minimum Gasteiger partial charge on any atom is -0.397 e. The standard InChI is InChI=1S/C12H13FIN3S/c1-7-17-8(6-18-7)2-3-16-12-4-9(13)10(14)5-11(12)15/h4-6,16H,2-3,15H2,1H3. The summed E-state index contributed by atoms with van der Waals surface area (Å²) in [5.74, 6) is -0.253. The fraction of sp³-hybridized carbons (Fsp3) is 0.250. The monoisotopic (exact) mass is 377 g/mol. The highest BCUT2D eigenvalue weighted by Crippen LogP contribution is 2.24. The lowest BCUT2D eigenvalue weighted by Gasteiger charge is -2.09. The number of thiazole rings is 1. The van der Waals surface area contributed by atoms with Gasteiger partial charge in [0.2, 0.25) is 0 Å². The van der Waals surface area contributed by atoms with Gasteiger partial charge < -0.3 is 11.1 Å². The summed E-state index contributed by atoms with van der Waals surface area (Å²) in [6, 6.07) is 3.06. The first-order valence-electron chi connectivity index (χ1n) is 5.45. The first-order valence-corrected chi connectivity index (χ1v) is 7.41. The number of nitrogens with zero attached hydrogens (tertiary/aromatic N) is 1. The minimum absolute atomic E-state index is 0.253. The van der Waals surface area contributed by atoms with Crippen molar-refractivity contribution in [1.29, 1.82) is 0 Å². The van der Waals surface area contributed by atoms with Crippen LogP contribution in [0.2, 0.25) is 0 Å². The number of anilines is 2. The Morgan fingerprint density at radius 2 is 2.28 bits per heavy atom. The van der Waals surface area contributed by atoms with Gasteiger partial charge in [0.25, 0.3) is 0 Å². The van der Waals surface area contributed by atoms with Crippen LogP contribution in [0.3, 0.4) is 0 Å². The molecule has 1 aromatic heterocycles. The van der Waals surface area contributed by atoms with Crippen LogP contribution in [-0.2, 0) is 6.42 Å². The molecule has 0 fully saturated rings. The Labute approximate surface area is 123 Å². The van der Waals surface area contributed by atoms with Crippen molar-refractivity contribution < 1.29 is 4.39 Å². The highest BCUT2D eigenvalue weighted by atomic mass is 127. The second-order valence-corrected chi connectivity index (χ2v) is 6.11. The predicted octanol–water partition coefficient (Wildman–Crippen LogP) is 3.43. The molecule has 0 saturated heterocycles. The maximum absolute atomic E-state index is 13.4. The Bertz CT molecular complexity index is 556. The van der Waals surface area contributed by atoms with Crippen LogP contribution in [0.5, 0.6) is 0 Å². The third kappa shape index (κ3) is 3.32. The van der Waals surface area contributed by atoms with Crippen LogP contribution in [0.1, 0.15) is 10.7 Å². The molecule has 0 radical (unpaired) electrons. The molecule has 0 spiro atoms. The maximum Gasteiger partial charge on any atom is 0.138 e. The second-order valence-electron chi connectivity index (χ2n) is 3.89. The summed E-state index contributed by atoms with van der Waals surface area (Å²) in [4.78, 5) is 4.37. The van der Waals surface area contributed by atoms with E-state index in [0.717, 1.165) is 17.1 Å². The molecule has 0 aliphatic rings. The maximum atomic E-state index is 13.4. The molecule has 2 rings (SSSR count). The van der Waals surface area contributed by atoms with Crippen molar-refractivity contribution in [1.82, 2.24) is 4.98 Å². The molecule has 3 nitrogen and oxygen atoms in total. The number of halogens is 2. The zero-order valence-electron chi connectivity index (χ0n) is 9.84. The van der Waals surface area contributed by atoms with E-state index in [-0.39, 0.29) is 5.82 Å². The predicted molar refractivity (Wildman–Crippen MR) is 82.6 cm³/mol. The third-order valence-corrected chi connectivity index (χ3v) is 4.10. The van der Waals surface area contributed by atoms with E-state index in [0.29, 0.717) is 21.5 Å². The Morgan fingerprint density at radius 1 is 1.50 bits per heavy atom. The number of nitrogens with two attached hydrogens (primary N) is 1. The Morgan fingerprint density at radius 3 is 2.94 bits per heavy atom. The molecule has 0 aliphatic heterocycles. The van der Waals surface area contributed by atoms with E-state index in [2.05, 4.69) is 10.3 Å². The molecule has 1 heterocycles. The van der Waals surface area contributed by atoms with Gasteiger partial charge in [-0.25, -0.2) is 9.37 Å². The number of hydrogen-bond acceptors (Lipinski definition) is 4. The van der Waals surface area contributed by atoms with Gasteiger partial charge in [-0.3, -0.25) is 0 Å². The van der Waals surface area contributed by atoms with Crippen LogP contribution in [0.15, 0.2) is 17.5 Å². The van der Waals surface area contributed by atoms with Crippen molar-refractivity contribution in [2.45, 2.75) is 13.3 Å². The Kier molecular flexibility index (Phi) is 4.39. The van der Waals surface area contributed by atoms with Gasteiger partial charge in [-0.1, -0.05) is 0 Å². The summed E-state index contributed by atoms with van der Waals surface area (Å²) in [6.07, 6.45) is 0.803. The first-order chi connectivity index (χ1) is 8.56. The summed E-state index contributed by atoms with van der Waals surface area (Å²) in [7, 11) is 0. The molecule has 1 aromatic carbocycles. The average molecular weight is 377 g/mol. The van der Waals surface area contributed by atoms with Gasteiger partial charge >= 0.3 is 0 Å². The SMILES string of the molecule is Cc1nc(CCNc2cc(F)c(I)cc2N)cs1. The van der Waals surface area contributed by atoms with E-state index in [1.807, 2.05) is 34.9 Å². The summed E-state index contributed by atoms with van der Waals surface area (Å²) < 4.78 is 13.9. The van der Waals surface area contributed by atoms with Crippen LogP contribution in [0.4, 0.5) is 15.8 Å². The summed E-state index contributed by atoms with van der Waals surface area (Å²) in [5.41, 5.74) is 8.08. The summed E-state index contributed by atoms with van der Waals surface area (Å²) >= 11 is 3.56. The van der Waals surface area contributed by atoms with Gasteiger partial charge in [0.15, 0.2) is 0 Å². The normalized spacial score (nSPS) is 10.6. The van der Waals surface area contributed by atoms with Crippen molar-refractivity contribution >= 4 is 45.3 Å². The number of rotatable bonds is 4. The summed E-state index contributed by atoms with van der Waals surface area (Å²) in [6.45, 7) is 2.67. The average Bonchev–Trinajstić information content (AvgIpc) is 2.71. The van der Waals surface area contributed by atoms with Crippen molar-refractivity contribution in [3.05, 3.63) is 37.6 Å². The minimum atomic E-state index is -0.253. The van der Waals surface area contributed by atoms with Crippen LogP contribution in [0.25, 0.3) is 0 Å². The topological polar surface area (TPSA) is 50.9 Å². The molecule has 0 bridgehead atoms. The molecule has 2 aromatic rings. The largest absolute Gasteiger partial charge is 0.397 e. The number of nitrogens with one attached hydrogen (secondary N) is 1. The van der Waals surface area contributed by atoms with Crippen molar-refractivity contribution in [2.24, 2.45) is 0 Å². The number of aryl methyl sites for hydroxylation is 1. The molecule has 96 valence electrons. The van der Waals surface area contributed by atoms with E-state index < -0.39 is 0 Å². The van der Waals surface area contributed by atoms with E-state index in [1.165, 1.54) is 6.07 Å². The lowest BCUT2D eigenvalue weighted by atomic mass is 10.2. The smallest absolute Gasteiger partial charge is 0.138 e. The lowest BCUT2D eigenvalue weighted by Crippen LogP contribution is -2.08. The zero-order chi connectivity index (χ0) is 13.1. The molecule has 6 heteroatoms. The van der Waals surface area contributed by atoms with Gasteiger partial charge in [0.05, 0.1) is 25.6 Å². The van der Waals surface area contributed by atoms with Crippen molar-refractivity contribution in [2.75, 3.05) is 17.6 Å². The number of benzene rings is 1. The van der Waals surface area contributed by atoms with Crippen LogP contribution < -0.4 is 11.1 Å². The quantitative estimate of drug-likeness (QED) is 0.634. The van der Waals surface area contributed by atoms with Crippen LogP contribution in [0, 0.1) is 16.3 Å². The number of nitrogen functional groups attached to an aromatic ring is 1. The van der Waals surface area contributed by atoms with Crippen molar-refractivity contribution in [3.8, 4) is 0 Å². The molecule has 0 aliphatic carbocycles. The van der Waals surface area contributed by atoms with Gasteiger partial charge in [-0.2, -0.15) is 0 Å². The lowest BCUT2D eigenvalue weighted by molar-refractivity contribution is 0.621. The van der Waals surface area contributed by atoms with Crippen LogP contribution >= 0.6 is 33.9 Å². The van der Waals surface area contributed by atoms with E-state index >= 15 is 0 Å². The molecule has 0 atom stereocenters. The molecule has 0 saturated carbocycles. The molecular formula is C12H13FIN3S. The highest BCUT2D eigenvalue weighted by Gasteiger charge is 2.06. The van der Waals surface area contributed by atoms with Crippen molar-refractivity contribution in [3.63, 3.8) is 0 Å².